The van der Waals surface area contributed by atoms with Crippen LogP contribution in [0.3, 0.4) is 0 Å². The van der Waals surface area contributed by atoms with E-state index in [2.05, 4.69) is 182 Å². The van der Waals surface area contributed by atoms with Gasteiger partial charge in [0.2, 0.25) is 0 Å². The van der Waals surface area contributed by atoms with Gasteiger partial charge in [-0.15, -0.1) is 0 Å². The Morgan fingerprint density at radius 3 is 1.20 bits per heavy atom. The van der Waals surface area contributed by atoms with Gasteiger partial charge >= 0.3 is 0 Å². The standard InChI is InChI=1S/C43H36N2/c1-5-31-15-13-21-35(27-31)44(33-17-9-7-10-18-33)37-23-25-39-40-26-24-38(30-42(40)43(3,4)41(39)29-37)45(34-19-11-8-12-20-34)36-22-14-16-32(6-2)28-36/h5-30H,1-2H2,3-4H3. The molecule has 218 valence electrons. The molecule has 0 amide bonds. The van der Waals surface area contributed by atoms with Crippen molar-refractivity contribution in [1.29, 1.82) is 0 Å². The quantitative estimate of drug-likeness (QED) is 0.177. The lowest BCUT2D eigenvalue weighted by atomic mass is 9.82. The molecule has 1 aliphatic carbocycles. The smallest absolute Gasteiger partial charge is 0.0467 e. The SMILES string of the molecule is C=Cc1cccc(N(c2ccccc2)c2ccc3c(c2)C(C)(C)c2cc(N(c4ccccc4)c4cccc(C=C)c4)ccc2-3)c1. The largest absolute Gasteiger partial charge is 0.310 e. The molecule has 45 heavy (non-hydrogen) atoms. The van der Waals surface area contributed by atoms with Gasteiger partial charge in [0.05, 0.1) is 0 Å². The molecule has 7 rings (SSSR count). The third-order valence-corrected chi connectivity index (χ3v) is 8.92. The van der Waals surface area contributed by atoms with Gasteiger partial charge in [0, 0.05) is 39.5 Å². The lowest BCUT2D eigenvalue weighted by molar-refractivity contribution is 0.660. The van der Waals surface area contributed by atoms with Gasteiger partial charge in [-0.1, -0.05) is 112 Å². The molecule has 0 atom stereocenters. The highest BCUT2D eigenvalue weighted by molar-refractivity contribution is 5.88. The van der Waals surface area contributed by atoms with E-state index < -0.39 is 0 Å². The lowest BCUT2D eigenvalue weighted by Crippen LogP contribution is -2.17. The van der Waals surface area contributed by atoms with Crippen LogP contribution >= 0.6 is 0 Å². The molecule has 0 radical (unpaired) electrons. The molecule has 0 bridgehead atoms. The van der Waals surface area contributed by atoms with E-state index in [1.807, 2.05) is 12.2 Å². The van der Waals surface area contributed by atoms with Gasteiger partial charge in [-0.3, -0.25) is 0 Å². The van der Waals surface area contributed by atoms with Crippen LogP contribution < -0.4 is 9.80 Å². The van der Waals surface area contributed by atoms with Gasteiger partial charge in [0.15, 0.2) is 0 Å². The fraction of sp³-hybridized carbons (Fsp3) is 0.0698. The molecule has 1 aliphatic rings. The molecule has 0 heterocycles. The van der Waals surface area contributed by atoms with Crippen molar-refractivity contribution in [2.24, 2.45) is 0 Å². The maximum atomic E-state index is 4.01. The second-order valence-electron chi connectivity index (χ2n) is 12.0. The van der Waals surface area contributed by atoms with Crippen molar-refractivity contribution < 1.29 is 0 Å². The summed E-state index contributed by atoms with van der Waals surface area (Å²) in [6, 6.07) is 52.1. The number of hydrogen-bond acceptors (Lipinski definition) is 2. The molecule has 0 aromatic heterocycles. The molecule has 0 aliphatic heterocycles. The van der Waals surface area contributed by atoms with Crippen LogP contribution in [0, 0.1) is 0 Å². The monoisotopic (exact) mass is 580 g/mol. The minimum Gasteiger partial charge on any atom is -0.310 e. The topological polar surface area (TPSA) is 6.48 Å². The minimum absolute atomic E-state index is 0.201. The molecule has 2 heteroatoms. The highest BCUT2D eigenvalue weighted by atomic mass is 15.1. The number of para-hydroxylation sites is 2. The molecule has 0 saturated carbocycles. The summed E-state index contributed by atoms with van der Waals surface area (Å²) in [5.41, 5.74) is 13.9. The molecule has 6 aromatic rings. The first kappa shape index (κ1) is 28.2. The van der Waals surface area contributed by atoms with E-state index in [1.54, 1.807) is 0 Å². The Morgan fingerprint density at radius 1 is 0.422 bits per heavy atom. The van der Waals surface area contributed by atoms with Crippen LogP contribution in [0.5, 0.6) is 0 Å². The number of fused-ring (bicyclic) bond motifs is 3. The van der Waals surface area contributed by atoms with Crippen LogP contribution in [-0.4, -0.2) is 0 Å². The second kappa shape index (κ2) is 11.5. The normalized spacial score (nSPS) is 12.6. The van der Waals surface area contributed by atoms with E-state index in [9.17, 15) is 0 Å². The predicted molar refractivity (Wildman–Crippen MR) is 194 cm³/mol. The first-order valence-corrected chi connectivity index (χ1v) is 15.4. The van der Waals surface area contributed by atoms with Gasteiger partial charge in [0.25, 0.3) is 0 Å². The van der Waals surface area contributed by atoms with Crippen molar-refractivity contribution in [2.45, 2.75) is 19.3 Å². The average Bonchev–Trinajstić information content (AvgIpc) is 3.31. The zero-order chi connectivity index (χ0) is 31.0. The number of anilines is 6. The maximum absolute atomic E-state index is 4.01. The molecule has 6 aromatic carbocycles. The number of nitrogens with zero attached hydrogens (tertiary/aromatic N) is 2. The Hall–Kier alpha value is -5.60. The maximum Gasteiger partial charge on any atom is 0.0467 e. The highest BCUT2D eigenvalue weighted by Crippen LogP contribution is 2.52. The highest BCUT2D eigenvalue weighted by Gasteiger charge is 2.36. The van der Waals surface area contributed by atoms with Crippen LogP contribution in [-0.2, 0) is 5.41 Å². The number of rotatable bonds is 8. The average molecular weight is 581 g/mol. The summed E-state index contributed by atoms with van der Waals surface area (Å²) >= 11 is 0. The predicted octanol–water partition coefficient (Wildman–Crippen LogP) is 12.2. The molecular formula is C43H36N2. The van der Waals surface area contributed by atoms with Crippen LogP contribution in [0.15, 0.2) is 159 Å². The van der Waals surface area contributed by atoms with Crippen molar-refractivity contribution in [2.75, 3.05) is 9.80 Å². The van der Waals surface area contributed by atoms with E-state index in [-0.39, 0.29) is 5.41 Å². The Labute approximate surface area is 266 Å². The van der Waals surface area contributed by atoms with Crippen molar-refractivity contribution in [3.05, 3.63) is 181 Å². The van der Waals surface area contributed by atoms with E-state index >= 15 is 0 Å². The molecular weight excluding hydrogens is 544 g/mol. The van der Waals surface area contributed by atoms with E-state index in [0.717, 1.165) is 45.3 Å². The minimum atomic E-state index is -0.201. The van der Waals surface area contributed by atoms with Crippen molar-refractivity contribution in [1.82, 2.24) is 0 Å². The number of hydrogen-bond donors (Lipinski definition) is 0. The summed E-state index contributed by atoms with van der Waals surface area (Å²) in [7, 11) is 0. The fourth-order valence-electron chi connectivity index (χ4n) is 6.62. The van der Waals surface area contributed by atoms with Crippen LogP contribution in [0.4, 0.5) is 34.1 Å². The molecule has 0 fully saturated rings. The van der Waals surface area contributed by atoms with Gasteiger partial charge in [-0.05, 0) is 106 Å². The first-order valence-electron chi connectivity index (χ1n) is 15.4. The Balaban J connectivity index is 1.34. The van der Waals surface area contributed by atoms with Crippen molar-refractivity contribution in [3.63, 3.8) is 0 Å². The van der Waals surface area contributed by atoms with Gasteiger partial charge in [-0.25, -0.2) is 0 Å². The molecule has 2 nitrogen and oxygen atoms in total. The Morgan fingerprint density at radius 2 is 0.800 bits per heavy atom. The Kier molecular flexibility index (Phi) is 7.19. The van der Waals surface area contributed by atoms with Gasteiger partial charge in [-0.2, -0.15) is 0 Å². The fourth-order valence-corrected chi connectivity index (χ4v) is 6.62. The summed E-state index contributed by atoms with van der Waals surface area (Å²) in [6.45, 7) is 12.7. The lowest BCUT2D eigenvalue weighted by Gasteiger charge is -2.29. The van der Waals surface area contributed by atoms with Crippen LogP contribution in [0.25, 0.3) is 23.3 Å². The third kappa shape index (κ3) is 5.05. The van der Waals surface area contributed by atoms with Crippen molar-refractivity contribution >= 4 is 46.3 Å². The summed E-state index contributed by atoms with van der Waals surface area (Å²) in [5.74, 6) is 0. The van der Waals surface area contributed by atoms with Crippen molar-refractivity contribution in [3.8, 4) is 11.1 Å². The van der Waals surface area contributed by atoms with E-state index in [0.29, 0.717) is 0 Å². The summed E-state index contributed by atoms with van der Waals surface area (Å²) in [5, 5.41) is 0. The summed E-state index contributed by atoms with van der Waals surface area (Å²) < 4.78 is 0. The zero-order valence-corrected chi connectivity index (χ0v) is 25.8. The van der Waals surface area contributed by atoms with E-state index in [1.165, 1.54) is 22.3 Å². The second-order valence-corrected chi connectivity index (χ2v) is 12.0. The van der Waals surface area contributed by atoms with Gasteiger partial charge in [0.1, 0.15) is 0 Å². The van der Waals surface area contributed by atoms with Crippen LogP contribution in [0.2, 0.25) is 0 Å². The van der Waals surface area contributed by atoms with Gasteiger partial charge < -0.3 is 9.80 Å². The molecule has 0 saturated heterocycles. The summed E-state index contributed by atoms with van der Waals surface area (Å²) in [6.07, 6.45) is 3.80. The zero-order valence-electron chi connectivity index (χ0n) is 25.8. The third-order valence-electron chi connectivity index (χ3n) is 8.92. The molecule has 0 unspecified atom stereocenters. The number of benzene rings is 6. The first-order chi connectivity index (χ1) is 22.0. The van der Waals surface area contributed by atoms with E-state index in [4.69, 9.17) is 0 Å². The van der Waals surface area contributed by atoms with Crippen LogP contribution in [0.1, 0.15) is 36.1 Å². The molecule has 0 spiro atoms. The Bertz CT molecular complexity index is 1870. The molecule has 0 N–H and O–H groups in total. The summed E-state index contributed by atoms with van der Waals surface area (Å²) in [4.78, 5) is 4.67.